The van der Waals surface area contributed by atoms with E-state index in [0.717, 1.165) is 18.0 Å². The van der Waals surface area contributed by atoms with Gasteiger partial charge in [0.05, 0.1) is 0 Å². The molecule has 0 spiro atoms. The van der Waals surface area contributed by atoms with Gasteiger partial charge < -0.3 is 4.90 Å². The second-order valence-electron chi connectivity index (χ2n) is 4.01. The van der Waals surface area contributed by atoms with E-state index in [1.807, 2.05) is 0 Å². The Kier molecular flexibility index (Phi) is 1.48. The predicted molar refractivity (Wildman–Crippen MR) is 43.0 cm³/mol. The van der Waals surface area contributed by atoms with Crippen LogP contribution >= 0.6 is 0 Å². The van der Waals surface area contributed by atoms with Gasteiger partial charge in [-0.05, 0) is 39.2 Å². The van der Waals surface area contributed by atoms with Gasteiger partial charge >= 0.3 is 0 Å². The molecule has 10 heavy (non-hydrogen) atoms. The van der Waals surface area contributed by atoms with Crippen LogP contribution in [0.25, 0.3) is 0 Å². The summed E-state index contributed by atoms with van der Waals surface area (Å²) in [6.07, 6.45) is 5.90. The Morgan fingerprint density at radius 3 is 2.80 bits per heavy atom. The lowest BCUT2D eigenvalue weighted by Crippen LogP contribution is -2.30. The minimum atomic E-state index is 0.857. The summed E-state index contributed by atoms with van der Waals surface area (Å²) in [5.74, 6) is 1.06. The Bertz CT molecular complexity index is 131. The van der Waals surface area contributed by atoms with E-state index in [4.69, 9.17) is 0 Å². The molecule has 2 fully saturated rings. The maximum Gasteiger partial charge on any atom is 0.0124 e. The van der Waals surface area contributed by atoms with Crippen molar-refractivity contribution in [1.82, 2.24) is 4.90 Å². The first-order chi connectivity index (χ1) is 4.79. The summed E-state index contributed by atoms with van der Waals surface area (Å²) in [5, 5.41) is 0. The Hall–Kier alpha value is -0.0400. The van der Waals surface area contributed by atoms with Crippen LogP contribution in [0.5, 0.6) is 0 Å². The van der Waals surface area contributed by atoms with Gasteiger partial charge in [0.25, 0.3) is 0 Å². The Labute approximate surface area is 63.4 Å². The topological polar surface area (TPSA) is 3.24 Å². The van der Waals surface area contributed by atoms with Crippen molar-refractivity contribution in [2.75, 3.05) is 7.05 Å². The molecule has 3 atom stereocenters. The van der Waals surface area contributed by atoms with E-state index in [0.29, 0.717) is 0 Å². The average Bonchev–Trinajstić information content (AvgIpc) is 2.41. The molecule has 1 aliphatic carbocycles. The molecule has 2 aliphatic rings. The molecule has 0 amide bonds. The molecule has 58 valence electrons. The summed E-state index contributed by atoms with van der Waals surface area (Å²) in [5.41, 5.74) is 0. The van der Waals surface area contributed by atoms with Crippen LogP contribution in [0.1, 0.15) is 32.6 Å². The molecule has 1 heteroatoms. The van der Waals surface area contributed by atoms with Gasteiger partial charge in [0.1, 0.15) is 0 Å². The van der Waals surface area contributed by atoms with Crippen LogP contribution in [0, 0.1) is 5.92 Å². The first kappa shape index (κ1) is 6.66. The van der Waals surface area contributed by atoms with Gasteiger partial charge in [-0.25, -0.2) is 0 Å². The number of rotatable bonds is 0. The Morgan fingerprint density at radius 2 is 2.10 bits per heavy atom. The number of nitrogens with zero attached hydrogens (tertiary/aromatic N) is 1. The molecule has 1 nitrogen and oxygen atoms in total. The van der Waals surface area contributed by atoms with Gasteiger partial charge in [-0.1, -0.05) is 6.42 Å². The summed E-state index contributed by atoms with van der Waals surface area (Å²) in [6.45, 7) is 2.36. The lowest BCUT2D eigenvalue weighted by molar-refractivity contribution is 0.245. The van der Waals surface area contributed by atoms with Crippen LogP contribution < -0.4 is 0 Å². The van der Waals surface area contributed by atoms with E-state index in [1.165, 1.54) is 25.7 Å². The molecule has 0 bridgehead atoms. The first-order valence-corrected chi connectivity index (χ1v) is 4.51. The van der Waals surface area contributed by atoms with Crippen LogP contribution in [0.4, 0.5) is 0 Å². The van der Waals surface area contributed by atoms with Crippen LogP contribution in [-0.4, -0.2) is 24.0 Å². The fraction of sp³-hybridized carbons (Fsp3) is 1.00. The van der Waals surface area contributed by atoms with Gasteiger partial charge in [-0.2, -0.15) is 0 Å². The highest BCUT2D eigenvalue weighted by molar-refractivity contribution is 4.93. The molecule has 0 radical (unpaired) electrons. The molecule has 1 heterocycles. The average molecular weight is 139 g/mol. The highest BCUT2D eigenvalue weighted by atomic mass is 15.2. The third-order valence-corrected chi connectivity index (χ3v) is 3.48. The first-order valence-electron chi connectivity index (χ1n) is 4.51. The molecule has 0 unspecified atom stereocenters. The fourth-order valence-corrected chi connectivity index (χ4v) is 2.76. The van der Waals surface area contributed by atoms with Gasteiger partial charge in [0, 0.05) is 12.1 Å². The number of likely N-dealkylation sites (tertiary alicyclic amines) is 1. The molecule has 0 aromatic carbocycles. The van der Waals surface area contributed by atoms with E-state index >= 15 is 0 Å². The number of fused-ring (bicyclic) bond motifs is 1. The van der Waals surface area contributed by atoms with Crippen molar-refractivity contribution in [2.24, 2.45) is 5.92 Å². The number of hydrogen-bond donors (Lipinski definition) is 0. The van der Waals surface area contributed by atoms with E-state index in [2.05, 4.69) is 18.9 Å². The maximum absolute atomic E-state index is 2.58. The minimum Gasteiger partial charge on any atom is -0.300 e. The van der Waals surface area contributed by atoms with Crippen molar-refractivity contribution in [2.45, 2.75) is 44.7 Å². The van der Waals surface area contributed by atoms with Gasteiger partial charge in [-0.15, -0.1) is 0 Å². The molecule has 2 rings (SSSR count). The fourth-order valence-electron chi connectivity index (χ4n) is 2.76. The van der Waals surface area contributed by atoms with Crippen LogP contribution in [0.15, 0.2) is 0 Å². The standard InChI is InChI=1S/C9H17N/c1-7-6-8-4-3-5-9(8)10(7)2/h7-9H,3-6H2,1-2H3/t7-,8-,9-/m1/s1. The van der Waals surface area contributed by atoms with Crippen molar-refractivity contribution in [1.29, 1.82) is 0 Å². The second-order valence-corrected chi connectivity index (χ2v) is 4.01. The molecule has 1 saturated heterocycles. The summed E-state index contributed by atoms with van der Waals surface area (Å²) in [4.78, 5) is 2.58. The lowest BCUT2D eigenvalue weighted by Gasteiger charge is -2.21. The van der Waals surface area contributed by atoms with E-state index in [1.54, 1.807) is 0 Å². The highest BCUT2D eigenvalue weighted by Gasteiger charge is 2.39. The molecular formula is C9H17N. The largest absolute Gasteiger partial charge is 0.300 e. The van der Waals surface area contributed by atoms with Crippen molar-refractivity contribution < 1.29 is 0 Å². The van der Waals surface area contributed by atoms with Gasteiger partial charge in [0.2, 0.25) is 0 Å². The minimum absolute atomic E-state index is 0.857. The molecule has 0 N–H and O–H groups in total. The molecule has 1 aliphatic heterocycles. The zero-order valence-electron chi connectivity index (χ0n) is 7.01. The molecular weight excluding hydrogens is 122 g/mol. The Balaban J connectivity index is 2.09. The van der Waals surface area contributed by atoms with Crippen molar-refractivity contribution in [3.63, 3.8) is 0 Å². The van der Waals surface area contributed by atoms with E-state index in [9.17, 15) is 0 Å². The van der Waals surface area contributed by atoms with Crippen molar-refractivity contribution >= 4 is 0 Å². The predicted octanol–water partition coefficient (Wildman–Crippen LogP) is 1.88. The van der Waals surface area contributed by atoms with Crippen LogP contribution in [0.2, 0.25) is 0 Å². The zero-order chi connectivity index (χ0) is 7.14. The molecule has 0 aromatic heterocycles. The van der Waals surface area contributed by atoms with Crippen LogP contribution in [0.3, 0.4) is 0 Å². The summed E-state index contributed by atoms with van der Waals surface area (Å²) in [7, 11) is 2.29. The van der Waals surface area contributed by atoms with Crippen LogP contribution in [-0.2, 0) is 0 Å². The third kappa shape index (κ3) is 0.800. The van der Waals surface area contributed by atoms with E-state index < -0.39 is 0 Å². The Morgan fingerprint density at radius 1 is 1.30 bits per heavy atom. The monoisotopic (exact) mass is 139 g/mol. The normalized spacial score (nSPS) is 48.0. The maximum atomic E-state index is 2.58. The van der Waals surface area contributed by atoms with Crippen molar-refractivity contribution in [3.8, 4) is 0 Å². The van der Waals surface area contributed by atoms with Gasteiger partial charge in [0.15, 0.2) is 0 Å². The summed E-state index contributed by atoms with van der Waals surface area (Å²) < 4.78 is 0. The summed E-state index contributed by atoms with van der Waals surface area (Å²) in [6, 6.07) is 1.81. The summed E-state index contributed by atoms with van der Waals surface area (Å²) >= 11 is 0. The third-order valence-electron chi connectivity index (χ3n) is 3.48. The highest BCUT2D eigenvalue weighted by Crippen LogP contribution is 2.39. The van der Waals surface area contributed by atoms with Gasteiger partial charge in [-0.3, -0.25) is 0 Å². The second kappa shape index (κ2) is 2.23. The zero-order valence-corrected chi connectivity index (χ0v) is 7.01. The van der Waals surface area contributed by atoms with Crippen molar-refractivity contribution in [3.05, 3.63) is 0 Å². The molecule has 1 saturated carbocycles. The SMILES string of the molecule is C[C@@H]1C[C@H]2CCC[C@H]2N1C. The number of hydrogen-bond acceptors (Lipinski definition) is 1. The quantitative estimate of drug-likeness (QED) is 0.495. The smallest absolute Gasteiger partial charge is 0.0124 e. The lowest BCUT2D eigenvalue weighted by atomic mass is 10.0. The molecule has 0 aromatic rings. The van der Waals surface area contributed by atoms with E-state index in [-0.39, 0.29) is 0 Å².